The van der Waals surface area contributed by atoms with E-state index in [1.165, 1.54) is 24.0 Å². The van der Waals surface area contributed by atoms with Crippen LogP contribution >= 0.6 is 0 Å². The predicted octanol–water partition coefficient (Wildman–Crippen LogP) is 4.30. The van der Waals surface area contributed by atoms with Gasteiger partial charge in [0.2, 0.25) is 5.91 Å². The molecule has 0 saturated heterocycles. The summed E-state index contributed by atoms with van der Waals surface area (Å²) in [6.07, 6.45) is 9.08. The van der Waals surface area contributed by atoms with Crippen molar-refractivity contribution in [3.8, 4) is 11.5 Å². The van der Waals surface area contributed by atoms with Crippen LogP contribution in [0.2, 0.25) is 0 Å². The Morgan fingerprint density at radius 1 is 1.08 bits per heavy atom. The third kappa shape index (κ3) is 5.23. The zero-order valence-corrected chi connectivity index (χ0v) is 22.2. The molecule has 6 N–H and O–H groups in total. The number of aromatic hydroxyl groups is 2. The highest BCUT2D eigenvalue weighted by Crippen LogP contribution is 2.62. The van der Waals surface area contributed by atoms with Gasteiger partial charge in [0.25, 0.3) is 0 Å². The quantitative estimate of drug-likeness (QED) is 0.310. The molecule has 1 amide bonds. The van der Waals surface area contributed by atoms with Crippen LogP contribution in [0.4, 0.5) is 0 Å². The van der Waals surface area contributed by atoms with Crippen molar-refractivity contribution in [1.82, 2.24) is 10.6 Å². The fourth-order valence-electron chi connectivity index (χ4n) is 7.20. The minimum atomic E-state index is -0.181. The predicted molar refractivity (Wildman–Crippen MR) is 146 cm³/mol. The first-order valence-corrected chi connectivity index (χ1v) is 14.2. The molecule has 0 spiro atoms. The van der Waals surface area contributed by atoms with Crippen LogP contribution in [0.5, 0.6) is 11.5 Å². The molecule has 2 unspecified atom stereocenters. The van der Waals surface area contributed by atoms with Crippen LogP contribution < -0.4 is 16.4 Å². The maximum atomic E-state index is 13.5. The molecule has 3 atom stereocenters. The molecule has 37 heavy (non-hydrogen) atoms. The Balaban J connectivity index is 1.44. The Hall–Kier alpha value is -2.57. The molecule has 0 heterocycles. The Kier molecular flexibility index (Phi) is 7.51. The molecule has 3 aliphatic rings. The Labute approximate surface area is 221 Å². The maximum Gasteiger partial charge on any atom is 0.223 e. The summed E-state index contributed by atoms with van der Waals surface area (Å²) >= 11 is 0. The molecule has 0 aliphatic heterocycles. The summed E-state index contributed by atoms with van der Waals surface area (Å²) in [6.45, 7) is 5.38. The van der Waals surface area contributed by atoms with Gasteiger partial charge in [0, 0.05) is 17.9 Å². The first-order chi connectivity index (χ1) is 17.8. The molecule has 3 aliphatic carbocycles. The van der Waals surface area contributed by atoms with E-state index in [1.807, 2.05) is 18.2 Å². The highest BCUT2D eigenvalue weighted by Gasteiger charge is 2.56. The van der Waals surface area contributed by atoms with Crippen LogP contribution in [0.25, 0.3) is 0 Å². The van der Waals surface area contributed by atoms with E-state index in [4.69, 9.17) is 5.73 Å². The highest BCUT2D eigenvalue weighted by molar-refractivity contribution is 5.79. The Morgan fingerprint density at radius 2 is 1.86 bits per heavy atom. The number of hydrogen-bond acceptors (Lipinski definition) is 5. The topological polar surface area (TPSA) is 108 Å². The summed E-state index contributed by atoms with van der Waals surface area (Å²) in [5.41, 5.74) is 10.5. The first-order valence-electron chi connectivity index (χ1n) is 14.2. The first kappa shape index (κ1) is 26.1. The molecule has 2 aromatic rings. The molecule has 0 radical (unpaired) electrons. The largest absolute Gasteiger partial charge is 0.508 e. The van der Waals surface area contributed by atoms with Crippen molar-refractivity contribution in [1.29, 1.82) is 0 Å². The number of fused-ring (bicyclic) bond motifs is 3. The zero-order valence-electron chi connectivity index (χ0n) is 22.2. The van der Waals surface area contributed by atoms with Gasteiger partial charge in [0.05, 0.1) is 0 Å². The van der Waals surface area contributed by atoms with E-state index in [0.29, 0.717) is 25.3 Å². The van der Waals surface area contributed by atoms with Crippen LogP contribution in [-0.2, 0) is 29.6 Å². The van der Waals surface area contributed by atoms with Gasteiger partial charge in [-0.15, -0.1) is 0 Å². The number of carbonyl (C=O) groups excluding carboxylic acids is 1. The maximum absolute atomic E-state index is 13.5. The minimum absolute atomic E-state index is 0.0755. The van der Waals surface area contributed by atoms with Crippen molar-refractivity contribution >= 4 is 5.91 Å². The van der Waals surface area contributed by atoms with Crippen molar-refractivity contribution in [3.63, 3.8) is 0 Å². The number of phenols is 2. The molecule has 5 rings (SSSR count). The van der Waals surface area contributed by atoms with E-state index in [1.54, 1.807) is 12.1 Å². The number of rotatable bonds is 10. The summed E-state index contributed by atoms with van der Waals surface area (Å²) in [5, 5.41) is 27.4. The molecule has 200 valence electrons. The number of phenolic OH excluding ortho intramolecular Hbond substituents is 2. The number of nitrogens with two attached hydrogens (primary N) is 1. The van der Waals surface area contributed by atoms with Crippen molar-refractivity contribution in [2.24, 2.45) is 23.0 Å². The van der Waals surface area contributed by atoms with Crippen molar-refractivity contribution in [2.75, 3.05) is 19.6 Å². The number of nitrogens with one attached hydrogen (secondary N) is 2. The number of benzene rings is 2. The van der Waals surface area contributed by atoms with Crippen molar-refractivity contribution in [3.05, 3.63) is 58.7 Å². The van der Waals surface area contributed by atoms with Gasteiger partial charge in [-0.25, -0.2) is 0 Å². The summed E-state index contributed by atoms with van der Waals surface area (Å²) in [4.78, 5) is 13.5. The van der Waals surface area contributed by atoms with E-state index in [2.05, 4.69) is 23.6 Å². The van der Waals surface area contributed by atoms with E-state index in [-0.39, 0.29) is 28.4 Å². The van der Waals surface area contributed by atoms with Gasteiger partial charge in [-0.1, -0.05) is 25.1 Å². The summed E-state index contributed by atoms with van der Waals surface area (Å²) in [5.74, 6) is 1.42. The molecular formula is C31H43N3O3. The second-order valence-electron chi connectivity index (χ2n) is 12.0. The van der Waals surface area contributed by atoms with E-state index in [0.717, 1.165) is 68.7 Å². The third-order valence-corrected chi connectivity index (χ3v) is 9.62. The highest BCUT2D eigenvalue weighted by atomic mass is 16.3. The number of hydrogen-bond donors (Lipinski definition) is 5. The monoisotopic (exact) mass is 505 g/mol. The average Bonchev–Trinajstić information content (AvgIpc) is 3.72. The minimum Gasteiger partial charge on any atom is -0.508 e. The van der Waals surface area contributed by atoms with Crippen LogP contribution in [-0.4, -0.2) is 35.8 Å². The van der Waals surface area contributed by atoms with E-state index in [9.17, 15) is 15.0 Å². The van der Waals surface area contributed by atoms with Crippen molar-refractivity contribution in [2.45, 2.75) is 76.7 Å². The van der Waals surface area contributed by atoms with E-state index < -0.39 is 0 Å². The van der Waals surface area contributed by atoms with Crippen LogP contribution in [0.15, 0.2) is 36.4 Å². The van der Waals surface area contributed by atoms with Gasteiger partial charge in [0.15, 0.2) is 0 Å². The van der Waals surface area contributed by atoms with Gasteiger partial charge in [-0.05, 0) is 129 Å². The smallest absolute Gasteiger partial charge is 0.223 e. The zero-order chi connectivity index (χ0) is 26.0. The van der Waals surface area contributed by atoms with Crippen LogP contribution in [0.3, 0.4) is 0 Å². The lowest BCUT2D eigenvalue weighted by molar-refractivity contribution is -0.129. The second-order valence-corrected chi connectivity index (χ2v) is 12.0. The average molecular weight is 506 g/mol. The molecule has 0 bridgehead atoms. The fraction of sp³-hybridized carbons (Fsp3) is 0.581. The lowest BCUT2D eigenvalue weighted by Gasteiger charge is -2.58. The second kappa shape index (κ2) is 10.7. The third-order valence-electron chi connectivity index (χ3n) is 9.62. The molecular weight excluding hydrogens is 462 g/mol. The van der Waals surface area contributed by atoms with Gasteiger partial charge in [0.1, 0.15) is 11.5 Å². The molecule has 2 aromatic carbocycles. The number of carbonyl (C=O) groups is 1. The SMILES string of the molecule is CC12CCc3ccc(O)c(CCN)c3C1(CCNCC1CC1)C[C@H](C(=O)NCc1ccc(O)cc1)CC2. The summed E-state index contributed by atoms with van der Waals surface area (Å²) in [6, 6.07) is 11.0. The van der Waals surface area contributed by atoms with Gasteiger partial charge >= 0.3 is 0 Å². The van der Waals surface area contributed by atoms with Gasteiger partial charge in [-0.3, -0.25) is 4.79 Å². The normalized spacial score (nSPS) is 26.8. The summed E-state index contributed by atoms with van der Waals surface area (Å²) < 4.78 is 0. The molecule has 2 fully saturated rings. The van der Waals surface area contributed by atoms with Gasteiger partial charge in [-0.2, -0.15) is 0 Å². The Bertz CT molecular complexity index is 1110. The van der Waals surface area contributed by atoms with E-state index >= 15 is 0 Å². The van der Waals surface area contributed by atoms with Crippen LogP contribution in [0.1, 0.15) is 74.1 Å². The number of amides is 1. The Morgan fingerprint density at radius 3 is 2.59 bits per heavy atom. The number of aryl methyl sites for hydroxylation is 1. The lowest BCUT2D eigenvalue weighted by Crippen LogP contribution is -2.55. The van der Waals surface area contributed by atoms with Crippen molar-refractivity contribution < 1.29 is 15.0 Å². The lowest BCUT2D eigenvalue weighted by atomic mass is 9.46. The standard InChI is InChI=1S/C31H43N3O3/c1-30-13-10-23-6-9-27(36)26(12-16-32)28(23)31(30,15-17-33-19-21-2-3-21)18-24(11-14-30)29(37)34-20-22-4-7-25(35)8-5-22/h4-9,21,24,33,35-36H,2-3,10-20,32H2,1H3,(H,34,37)/t24-,30?,31?/m1/s1. The fourth-order valence-corrected chi connectivity index (χ4v) is 7.20. The van der Waals surface area contributed by atoms with Crippen LogP contribution in [0, 0.1) is 17.3 Å². The molecule has 2 saturated carbocycles. The molecule has 6 nitrogen and oxygen atoms in total. The van der Waals surface area contributed by atoms with Gasteiger partial charge < -0.3 is 26.6 Å². The molecule has 0 aromatic heterocycles. The summed E-state index contributed by atoms with van der Waals surface area (Å²) in [7, 11) is 0. The molecule has 6 heteroatoms.